The van der Waals surface area contributed by atoms with Crippen LogP contribution in [0.3, 0.4) is 0 Å². The van der Waals surface area contributed by atoms with E-state index in [1.807, 2.05) is 0 Å². The predicted molar refractivity (Wildman–Crippen MR) is 66.4 cm³/mol. The molecule has 1 unspecified atom stereocenters. The standard InChI is InChI=1S/C11H10F3N7/c1-6(9-16-5-17-19-9)18-10-7-4-8(11(12,13)14)20-21(7)3-2-15-10/h2-6H,1H3,(H,15,18)(H,16,17,19). The van der Waals surface area contributed by atoms with E-state index < -0.39 is 11.9 Å². The Hall–Kier alpha value is -2.65. The highest BCUT2D eigenvalue weighted by atomic mass is 19.4. The summed E-state index contributed by atoms with van der Waals surface area (Å²) in [6.45, 7) is 1.78. The third-order valence-electron chi connectivity index (χ3n) is 2.88. The summed E-state index contributed by atoms with van der Waals surface area (Å²) in [6, 6.07) is 0.651. The Morgan fingerprint density at radius 3 is 2.81 bits per heavy atom. The van der Waals surface area contributed by atoms with Gasteiger partial charge in [0.1, 0.15) is 17.7 Å². The minimum Gasteiger partial charge on any atom is -0.359 e. The molecule has 7 nitrogen and oxygen atoms in total. The summed E-state index contributed by atoms with van der Waals surface area (Å²) in [4.78, 5) is 8.03. The van der Waals surface area contributed by atoms with Gasteiger partial charge in [-0.2, -0.15) is 23.4 Å². The monoisotopic (exact) mass is 297 g/mol. The zero-order valence-electron chi connectivity index (χ0n) is 10.8. The number of nitrogens with one attached hydrogen (secondary N) is 2. The van der Waals surface area contributed by atoms with E-state index in [-0.39, 0.29) is 17.4 Å². The molecule has 3 heterocycles. The number of alkyl halides is 3. The molecule has 10 heteroatoms. The first-order valence-corrected chi connectivity index (χ1v) is 5.98. The van der Waals surface area contributed by atoms with Crippen molar-refractivity contribution >= 4 is 11.3 Å². The van der Waals surface area contributed by atoms with Gasteiger partial charge in [0.15, 0.2) is 11.5 Å². The fourth-order valence-corrected chi connectivity index (χ4v) is 1.87. The summed E-state index contributed by atoms with van der Waals surface area (Å²) < 4.78 is 39.2. The second kappa shape index (κ2) is 4.72. The highest BCUT2D eigenvalue weighted by Crippen LogP contribution is 2.30. The highest BCUT2D eigenvalue weighted by Gasteiger charge is 2.34. The Kier molecular flexibility index (Phi) is 3.00. The lowest BCUT2D eigenvalue weighted by molar-refractivity contribution is -0.141. The Morgan fingerprint density at radius 1 is 1.33 bits per heavy atom. The van der Waals surface area contributed by atoms with Crippen molar-refractivity contribution in [3.63, 3.8) is 0 Å². The molecule has 3 rings (SSSR count). The normalized spacial score (nSPS) is 13.5. The van der Waals surface area contributed by atoms with Crippen LogP contribution in [0.15, 0.2) is 24.8 Å². The molecule has 0 saturated heterocycles. The number of hydrogen-bond donors (Lipinski definition) is 2. The van der Waals surface area contributed by atoms with Crippen molar-refractivity contribution in [3.05, 3.63) is 36.3 Å². The van der Waals surface area contributed by atoms with Crippen LogP contribution in [-0.4, -0.2) is 29.8 Å². The second-order valence-electron chi connectivity index (χ2n) is 4.37. The van der Waals surface area contributed by atoms with Gasteiger partial charge >= 0.3 is 6.18 Å². The van der Waals surface area contributed by atoms with Crippen LogP contribution >= 0.6 is 0 Å². The molecular formula is C11H10F3N7. The molecular weight excluding hydrogens is 287 g/mol. The molecule has 3 aromatic heterocycles. The molecule has 110 valence electrons. The first-order chi connectivity index (χ1) is 9.95. The van der Waals surface area contributed by atoms with Gasteiger partial charge in [-0.1, -0.05) is 0 Å². The number of rotatable bonds is 3. The zero-order valence-corrected chi connectivity index (χ0v) is 10.8. The van der Waals surface area contributed by atoms with Gasteiger partial charge in [-0.05, 0) is 6.92 Å². The maximum absolute atomic E-state index is 12.7. The summed E-state index contributed by atoms with van der Waals surface area (Å²) in [5.74, 6) is 0.832. The van der Waals surface area contributed by atoms with Crippen LogP contribution in [-0.2, 0) is 6.18 Å². The summed E-state index contributed by atoms with van der Waals surface area (Å²) in [5.41, 5.74) is -0.734. The van der Waals surface area contributed by atoms with Crippen LogP contribution in [0.4, 0.5) is 19.0 Å². The van der Waals surface area contributed by atoms with Gasteiger partial charge in [0.25, 0.3) is 0 Å². The van der Waals surface area contributed by atoms with Crippen molar-refractivity contribution in [3.8, 4) is 0 Å². The molecule has 1 atom stereocenters. The number of anilines is 1. The van der Waals surface area contributed by atoms with Gasteiger partial charge in [0, 0.05) is 18.5 Å². The minimum absolute atomic E-state index is 0.233. The average Bonchev–Trinajstić information content (AvgIpc) is 3.07. The highest BCUT2D eigenvalue weighted by molar-refractivity contribution is 5.68. The number of halogens is 3. The number of aromatic nitrogens is 6. The maximum Gasteiger partial charge on any atom is 0.435 e. The summed E-state index contributed by atoms with van der Waals surface area (Å²) in [5, 5.41) is 12.9. The molecule has 0 bridgehead atoms. The Balaban J connectivity index is 1.97. The van der Waals surface area contributed by atoms with Gasteiger partial charge in [0.05, 0.1) is 6.04 Å². The minimum atomic E-state index is -4.50. The zero-order chi connectivity index (χ0) is 15.0. The molecule has 0 radical (unpaired) electrons. The summed E-state index contributed by atoms with van der Waals surface area (Å²) >= 11 is 0. The van der Waals surface area contributed by atoms with Crippen molar-refractivity contribution in [2.75, 3.05) is 5.32 Å². The summed E-state index contributed by atoms with van der Waals surface area (Å²) in [7, 11) is 0. The van der Waals surface area contributed by atoms with E-state index in [0.29, 0.717) is 5.82 Å². The molecule has 0 aliphatic heterocycles. The average molecular weight is 297 g/mol. The van der Waals surface area contributed by atoms with E-state index in [4.69, 9.17) is 0 Å². The van der Waals surface area contributed by atoms with Crippen LogP contribution < -0.4 is 5.32 Å². The molecule has 2 N–H and O–H groups in total. The van der Waals surface area contributed by atoms with E-state index in [1.54, 1.807) is 6.92 Å². The largest absolute Gasteiger partial charge is 0.435 e. The van der Waals surface area contributed by atoms with Crippen molar-refractivity contribution in [1.29, 1.82) is 0 Å². The SMILES string of the molecule is CC(Nc1nccn2nc(C(F)(F)F)cc12)c1ncn[nH]1. The Morgan fingerprint density at radius 2 is 2.14 bits per heavy atom. The van der Waals surface area contributed by atoms with Crippen LogP contribution in [0, 0.1) is 0 Å². The maximum atomic E-state index is 12.7. The first kappa shape index (κ1) is 13.3. The number of hydrogen-bond acceptors (Lipinski definition) is 5. The van der Waals surface area contributed by atoms with Crippen molar-refractivity contribution < 1.29 is 13.2 Å². The third-order valence-corrected chi connectivity index (χ3v) is 2.88. The fourth-order valence-electron chi connectivity index (χ4n) is 1.87. The molecule has 0 aliphatic carbocycles. The quantitative estimate of drug-likeness (QED) is 0.773. The van der Waals surface area contributed by atoms with E-state index in [1.165, 1.54) is 18.7 Å². The first-order valence-electron chi connectivity index (χ1n) is 5.98. The fraction of sp³-hybridized carbons (Fsp3) is 0.273. The Labute approximate surface area is 116 Å². The molecule has 21 heavy (non-hydrogen) atoms. The van der Waals surface area contributed by atoms with Gasteiger partial charge in [0.2, 0.25) is 0 Å². The number of H-pyrrole nitrogens is 1. The lowest BCUT2D eigenvalue weighted by Gasteiger charge is -2.12. The molecule has 0 aliphatic rings. The van der Waals surface area contributed by atoms with Gasteiger partial charge in [-0.3, -0.25) is 5.10 Å². The van der Waals surface area contributed by atoms with Gasteiger partial charge in [-0.15, -0.1) is 0 Å². The molecule has 0 saturated carbocycles. The number of fused-ring (bicyclic) bond motifs is 1. The molecule has 0 amide bonds. The van der Waals surface area contributed by atoms with Crippen molar-refractivity contribution in [2.45, 2.75) is 19.1 Å². The predicted octanol–water partition coefficient (Wildman–Crippen LogP) is 2.04. The molecule has 3 aromatic rings. The topological polar surface area (TPSA) is 83.8 Å². The number of nitrogens with zero attached hydrogens (tertiary/aromatic N) is 5. The van der Waals surface area contributed by atoms with Gasteiger partial charge < -0.3 is 5.32 Å². The van der Waals surface area contributed by atoms with E-state index >= 15 is 0 Å². The van der Waals surface area contributed by atoms with Gasteiger partial charge in [-0.25, -0.2) is 14.5 Å². The van der Waals surface area contributed by atoms with E-state index in [9.17, 15) is 13.2 Å². The molecule has 0 aromatic carbocycles. The van der Waals surface area contributed by atoms with Crippen molar-refractivity contribution in [1.82, 2.24) is 29.8 Å². The lowest BCUT2D eigenvalue weighted by Crippen LogP contribution is -2.10. The van der Waals surface area contributed by atoms with Crippen LogP contribution in [0.2, 0.25) is 0 Å². The van der Waals surface area contributed by atoms with Crippen LogP contribution in [0.1, 0.15) is 24.5 Å². The molecule has 0 spiro atoms. The second-order valence-corrected chi connectivity index (χ2v) is 4.37. The van der Waals surface area contributed by atoms with E-state index in [0.717, 1.165) is 10.6 Å². The number of aromatic amines is 1. The smallest absolute Gasteiger partial charge is 0.359 e. The Bertz CT molecular complexity index is 747. The third kappa shape index (κ3) is 2.51. The lowest BCUT2D eigenvalue weighted by atomic mass is 10.3. The summed E-state index contributed by atoms with van der Waals surface area (Å²) in [6.07, 6.45) is -0.424. The van der Waals surface area contributed by atoms with Crippen molar-refractivity contribution in [2.24, 2.45) is 0 Å². The van der Waals surface area contributed by atoms with Crippen LogP contribution in [0.5, 0.6) is 0 Å². The molecule has 0 fully saturated rings. The van der Waals surface area contributed by atoms with Crippen LogP contribution in [0.25, 0.3) is 5.52 Å². The van der Waals surface area contributed by atoms with E-state index in [2.05, 4.69) is 30.6 Å².